The predicted molar refractivity (Wildman–Crippen MR) is 92.0 cm³/mol. The Bertz CT molecular complexity index is 1060. The standard InChI is InChI=1S/C18H13ClF3N3O2/c19-13-3-1-2-11(9-4-5-9)12(13)8-25-14-6-10(17(26)27)7-23-15(14)16(24-25)18(20,21)22/h1-3,6-7,9H,4-5,8H2,(H,26,27). The van der Waals surface area contributed by atoms with E-state index in [0.717, 1.165) is 35.4 Å². The van der Waals surface area contributed by atoms with Crippen LogP contribution in [-0.2, 0) is 12.7 Å². The van der Waals surface area contributed by atoms with Crippen LogP contribution in [0, 0.1) is 0 Å². The second-order valence-corrected chi connectivity index (χ2v) is 6.89. The van der Waals surface area contributed by atoms with Gasteiger partial charge in [-0.2, -0.15) is 18.3 Å². The van der Waals surface area contributed by atoms with E-state index in [-0.39, 0.29) is 23.1 Å². The van der Waals surface area contributed by atoms with Crippen molar-refractivity contribution >= 4 is 28.6 Å². The first kappa shape index (κ1) is 17.8. The molecule has 2 heterocycles. The monoisotopic (exact) mass is 395 g/mol. The minimum atomic E-state index is -4.71. The highest BCUT2D eigenvalue weighted by Gasteiger charge is 2.38. The molecule has 1 aromatic carbocycles. The molecular weight excluding hydrogens is 383 g/mol. The molecule has 0 unspecified atom stereocenters. The van der Waals surface area contributed by atoms with E-state index in [1.807, 2.05) is 12.1 Å². The number of fused-ring (bicyclic) bond motifs is 1. The van der Waals surface area contributed by atoms with Gasteiger partial charge in [0, 0.05) is 11.2 Å². The number of carbonyl (C=O) groups is 1. The topological polar surface area (TPSA) is 68.0 Å². The van der Waals surface area contributed by atoms with E-state index in [1.54, 1.807) is 6.07 Å². The second-order valence-electron chi connectivity index (χ2n) is 6.48. The van der Waals surface area contributed by atoms with Crippen molar-refractivity contribution in [2.45, 2.75) is 31.5 Å². The summed E-state index contributed by atoms with van der Waals surface area (Å²) in [4.78, 5) is 14.9. The quantitative estimate of drug-likeness (QED) is 0.693. The first-order chi connectivity index (χ1) is 12.8. The van der Waals surface area contributed by atoms with Crippen LogP contribution in [0.2, 0.25) is 5.02 Å². The van der Waals surface area contributed by atoms with Crippen LogP contribution in [0.3, 0.4) is 0 Å². The average Bonchev–Trinajstić information content (AvgIpc) is 3.37. The summed E-state index contributed by atoms with van der Waals surface area (Å²) in [6.45, 7) is 0.00282. The van der Waals surface area contributed by atoms with Crippen molar-refractivity contribution in [2.24, 2.45) is 0 Å². The normalized spacial score (nSPS) is 14.7. The fraction of sp³-hybridized carbons (Fsp3) is 0.278. The number of aromatic nitrogens is 3. The number of alkyl halides is 3. The molecule has 0 atom stereocenters. The molecule has 2 aromatic heterocycles. The Kier molecular flexibility index (Phi) is 4.10. The van der Waals surface area contributed by atoms with Crippen molar-refractivity contribution in [1.82, 2.24) is 14.8 Å². The van der Waals surface area contributed by atoms with Crippen LogP contribution in [-0.4, -0.2) is 25.8 Å². The third-order valence-electron chi connectivity index (χ3n) is 4.59. The van der Waals surface area contributed by atoms with Gasteiger partial charge in [0.25, 0.3) is 0 Å². The van der Waals surface area contributed by atoms with Crippen molar-refractivity contribution in [3.63, 3.8) is 0 Å². The fourth-order valence-electron chi connectivity index (χ4n) is 3.15. The Labute approximate surface area is 156 Å². The molecular formula is C18H13ClF3N3O2. The molecule has 27 heavy (non-hydrogen) atoms. The first-order valence-corrected chi connectivity index (χ1v) is 8.58. The molecule has 0 spiro atoms. The first-order valence-electron chi connectivity index (χ1n) is 8.20. The van der Waals surface area contributed by atoms with Gasteiger partial charge in [-0.3, -0.25) is 9.67 Å². The number of nitrogens with zero attached hydrogens (tertiary/aromatic N) is 3. The Morgan fingerprint density at radius 1 is 1.33 bits per heavy atom. The molecule has 0 bridgehead atoms. The lowest BCUT2D eigenvalue weighted by molar-refractivity contribution is -0.140. The zero-order valence-electron chi connectivity index (χ0n) is 13.8. The summed E-state index contributed by atoms with van der Waals surface area (Å²) in [6.07, 6.45) is -1.80. The molecule has 0 aliphatic heterocycles. The molecule has 1 N–H and O–H groups in total. The van der Waals surface area contributed by atoms with E-state index >= 15 is 0 Å². The van der Waals surface area contributed by atoms with Crippen molar-refractivity contribution in [2.75, 3.05) is 0 Å². The summed E-state index contributed by atoms with van der Waals surface area (Å²) < 4.78 is 41.2. The molecule has 1 saturated carbocycles. The van der Waals surface area contributed by atoms with Crippen molar-refractivity contribution < 1.29 is 23.1 Å². The van der Waals surface area contributed by atoms with Gasteiger partial charge in [0.15, 0.2) is 5.69 Å². The van der Waals surface area contributed by atoms with Crippen LogP contribution in [0.4, 0.5) is 13.2 Å². The number of benzene rings is 1. The van der Waals surface area contributed by atoms with Gasteiger partial charge in [-0.1, -0.05) is 23.7 Å². The minimum absolute atomic E-state index is 0.00282. The SMILES string of the molecule is O=C(O)c1cnc2c(C(F)(F)F)nn(Cc3c(Cl)cccc3C3CC3)c2c1. The van der Waals surface area contributed by atoms with Crippen LogP contribution in [0.1, 0.15) is 45.9 Å². The Hall–Kier alpha value is -2.61. The van der Waals surface area contributed by atoms with E-state index in [9.17, 15) is 18.0 Å². The number of hydrogen-bond donors (Lipinski definition) is 1. The summed E-state index contributed by atoms with van der Waals surface area (Å²) in [5.74, 6) is -0.933. The largest absolute Gasteiger partial charge is 0.478 e. The van der Waals surface area contributed by atoms with Crippen LogP contribution in [0.5, 0.6) is 0 Å². The molecule has 5 nitrogen and oxygen atoms in total. The molecule has 1 aliphatic rings. The predicted octanol–water partition coefficient (Wildman–Crippen LogP) is 4.73. The summed E-state index contributed by atoms with van der Waals surface area (Å²) in [7, 11) is 0. The summed E-state index contributed by atoms with van der Waals surface area (Å²) in [5.41, 5.74) is -0.0487. The molecule has 1 fully saturated rings. The van der Waals surface area contributed by atoms with E-state index in [1.165, 1.54) is 0 Å². The summed E-state index contributed by atoms with van der Waals surface area (Å²) >= 11 is 6.31. The fourth-order valence-corrected chi connectivity index (χ4v) is 3.39. The Morgan fingerprint density at radius 2 is 2.07 bits per heavy atom. The Morgan fingerprint density at radius 3 is 2.70 bits per heavy atom. The number of halogens is 4. The van der Waals surface area contributed by atoms with Gasteiger partial charge >= 0.3 is 12.1 Å². The van der Waals surface area contributed by atoms with E-state index < -0.39 is 17.8 Å². The van der Waals surface area contributed by atoms with Crippen LogP contribution in [0.25, 0.3) is 11.0 Å². The zero-order chi connectivity index (χ0) is 19.3. The number of rotatable bonds is 4. The molecule has 0 radical (unpaired) electrons. The average molecular weight is 396 g/mol. The van der Waals surface area contributed by atoms with Gasteiger partial charge in [-0.15, -0.1) is 0 Å². The lowest BCUT2D eigenvalue weighted by Gasteiger charge is -2.12. The molecule has 0 amide bonds. The third kappa shape index (κ3) is 3.25. The minimum Gasteiger partial charge on any atom is -0.478 e. The van der Waals surface area contributed by atoms with Crippen molar-refractivity contribution in [3.8, 4) is 0 Å². The van der Waals surface area contributed by atoms with Gasteiger partial charge in [0.2, 0.25) is 0 Å². The van der Waals surface area contributed by atoms with Gasteiger partial charge in [-0.05, 0) is 42.0 Å². The second kappa shape index (κ2) is 6.23. The smallest absolute Gasteiger partial charge is 0.437 e. The number of hydrogen-bond acceptors (Lipinski definition) is 3. The number of pyridine rings is 1. The van der Waals surface area contributed by atoms with Crippen molar-refractivity contribution in [1.29, 1.82) is 0 Å². The van der Waals surface area contributed by atoms with Gasteiger partial charge in [0.05, 0.1) is 17.6 Å². The van der Waals surface area contributed by atoms with Gasteiger partial charge in [-0.25, -0.2) is 4.79 Å². The van der Waals surface area contributed by atoms with Crippen LogP contribution >= 0.6 is 11.6 Å². The van der Waals surface area contributed by atoms with Crippen LogP contribution < -0.4 is 0 Å². The summed E-state index contributed by atoms with van der Waals surface area (Å²) in [6, 6.07) is 6.56. The lowest BCUT2D eigenvalue weighted by atomic mass is 10.0. The van der Waals surface area contributed by atoms with E-state index in [2.05, 4.69) is 10.1 Å². The van der Waals surface area contributed by atoms with Gasteiger partial charge in [0.1, 0.15) is 5.52 Å². The maximum absolute atomic E-state index is 13.4. The third-order valence-corrected chi connectivity index (χ3v) is 4.94. The van der Waals surface area contributed by atoms with Crippen molar-refractivity contribution in [3.05, 3.63) is 57.9 Å². The molecule has 1 aliphatic carbocycles. The molecule has 4 rings (SSSR count). The summed E-state index contributed by atoms with van der Waals surface area (Å²) in [5, 5.41) is 13.3. The lowest BCUT2D eigenvalue weighted by Crippen LogP contribution is -2.10. The number of carboxylic acid groups (broad SMARTS) is 1. The maximum atomic E-state index is 13.4. The molecule has 0 saturated heterocycles. The van der Waals surface area contributed by atoms with E-state index in [4.69, 9.17) is 16.7 Å². The van der Waals surface area contributed by atoms with E-state index in [0.29, 0.717) is 16.5 Å². The van der Waals surface area contributed by atoms with Gasteiger partial charge < -0.3 is 5.11 Å². The zero-order valence-corrected chi connectivity index (χ0v) is 14.6. The molecule has 9 heteroatoms. The maximum Gasteiger partial charge on any atom is 0.437 e. The van der Waals surface area contributed by atoms with Crippen LogP contribution in [0.15, 0.2) is 30.5 Å². The molecule has 140 valence electrons. The molecule has 3 aromatic rings. The Balaban J connectivity index is 1.89. The highest BCUT2D eigenvalue weighted by molar-refractivity contribution is 6.31. The number of aromatic carboxylic acids is 1. The number of carboxylic acids is 1. The highest BCUT2D eigenvalue weighted by atomic mass is 35.5. The highest BCUT2D eigenvalue weighted by Crippen LogP contribution is 2.43.